The van der Waals surface area contributed by atoms with Crippen molar-refractivity contribution in [3.63, 3.8) is 0 Å². The maximum absolute atomic E-state index is 10.6. The number of hydrogen-bond acceptors (Lipinski definition) is 4. The highest BCUT2D eigenvalue weighted by atomic mass is 16.5. The third-order valence-electron chi connectivity index (χ3n) is 1.86. The van der Waals surface area contributed by atoms with Gasteiger partial charge in [0.15, 0.2) is 18.1 Å². The van der Waals surface area contributed by atoms with Crippen molar-refractivity contribution in [3.8, 4) is 11.5 Å². The van der Waals surface area contributed by atoms with Gasteiger partial charge in [0, 0.05) is 12.1 Å². The van der Waals surface area contributed by atoms with Crippen LogP contribution in [0.25, 0.3) is 0 Å². The fourth-order valence-corrected chi connectivity index (χ4v) is 1.19. The predicted molar refractivity (Wildman–Crippen MR) is 55.6 cm³/mol. The van der Waals surface area contributed by atoms with Crippen molar-refractivity contribution < 1.29 is 14.3 Å². The molecule has 15 heavy (non-hydrogen) atoms. The zero-order chi connectivity index (χ0) is 11.3. The maximum atomic E-state index is 10.6. The van der Waals surface area contributed by atoms with Crippen LogP contribution in [-0.2, 0) is 11.3 Å². The Kier molecular flexibility index (Phi) is 3.93. The molecule has 0 saturated carbocycles. The minimum Gasteiger partial charge on any atom is -0.493 e. The first-order valence-corrected chi connectivity index (χ1v) is 4.46. The van der Waals surface area contributed by atoms with E-state index in [0.29, 0.717) is 18.0 Å². The number of methoxy groups -OCH3 is 1. The molecule has 4 N–H and O–H groups in total. The molecule has 0 atom stereocenters. The van der Waals surface area contributed by atoms with Gasteiger partial charge in [0.05, 0.1) is 7.11 Å². The van der Waals surface area contributed by atoms with Crippen LogP contribution in [0.1, 0.15) is 5.56 Å². The van der Waals surface area contributed by atoms with Crippen molar-refractivity contribution in [1.82, 2.24) is 0 Å². The zero-order valence-corrected chi connectivity index (χ0v) is 8.53. The SMILES string of the molecule is COc1cccc(CN)c1OCC(N)=O. The van der Waals surface area contributed by atoms with Crippen LogP contribution in [0.15, 0.2) is 18.2 Å². The highest BCUT2D eigenvalue weighted by Crippen LogP contribution is 2.30. The summed E-state index contributed by atoms with van der Waals surface area (Å²) in [6, 6.07) is 5.34. The molecule has 0 saturated heterocycles. The van der Waals surface area contributed by atoms with Crippen LogP contribution in [-0.4, -0.2) is 19.6 Å². The van der Waals surface area contributed by atoms with Gasteiger partial charge in [-0.25, -0.2) is 0 Å². The fourth-order valence-electron chi connectivity index (χ4n) is 1.19. The Morgan fingerprint density at radius 1 is 1.47 bits per heavy atom. The fraction of sp³-hybridized carbons (Fsp3) is 0.300. The predicted octanol–water partition coefficient (Wildman–Crippen LogP) is 0.0180. The molecular weight excluding hydrogens is 196 g/mol. The van der Waals surface area contributed by atoms with Crippen molar-refractivity contribution in [1.29, 1.82) is 0 Å². The summed E-state index contributed by atoms with van der Waals surface area (Å²) >= 11 is 0. The molecule has 82 valence electrons. The molecule has 0 unspecified atom stereocenters. The maximum Gasteiger partial charge on any atom is 0.255 e. The lowest BCUT2D eigenvalue weighted by Gasteiger charge is -2.12. The van der Waals surface area contributed by atoms with Crippen LogP contribution >= 0.6 is 0 Å². The molecule has 5 nitrogen and oxygen atoms in total. The third kappa shape index (κ3) is 2.85. The Bertz CT molecular complexity index is 330. The molecule has 0 fully saturated rings. The van der Waals surface area contributed by atoms with Gasteiger partial charge in [0.1, 0.15) is 0 Å². The summed E-state index contributed by atoms with van der Waals surface area (Å²) in [5.41, 5.74) is 11.3. The highest BCUT2D eigenvalue weighted by Gasteiger charge is 2.10. The Morgan fingerprint density at radius 3 is 2.73 bits per heavy atom. The number of nitrogens with two attached hydrogens (primary N) is 2. The number of hydrogen-bond donors (Lipinski definition) is 2. The van der Waals surface area contributed by atoms with Crippen molar-refractivity contribution >= 4 is 5.91 Å². The molecule has 0 radical (unpaired) electrons. The van der Waals surface area contributed by atoms with Crippen LogP contribution in [0.4, 0.5) is 0 Å². The minimum atomic E-state index is -0.538. The second-order valence-corrected chi connectivity index (χ2v) is 2.91. The third-order valence-corrected chi connectivity index (χ3v) is 1.86. The molecule has 0 heterocycles. The zero-order valence-electron chi connectivity index (χ0n) is 8.53. The number of carbonyl (C=O) groups excluding carboxylic acids is 1. The van der Waals surface area contributed by atoms with Gasteiger partial charge in [-0.05, 0) is 6.07 Å². The first-order valence-electron chi connectivity index (χ1n) is 4.46. The van der Waals surface area contributed by atoms with Gasteiger partial charge < -0.3 is 20.9 Å². The van der Waals surface area contributed by atoms with Gasteiger partial charge in [-0.3, -0.25) is 4.79 Å². The Morgan fingerprint density at radius 2 is 2.20 bits per heavy atom. The molecule has 1 amide bonds. The Labute approximate surface area is 88.0 Å². The van der Waals surface area contributed by atoms with Gasteiger partial charge in [-0.2, -0.15) is 0 Å². The van der Waals surface area contributed by atoms with Crippen molar-refractivity contribution in [2.45, 2.75) is 6.54 Å². The Hall–Kier alpha value is -1.75. The molecule has 0 aliphatic rings. The number of para-hydroxylation sites is 1. The second kappa shape index (κ2) is 5.21. The van der Waals surface area contributed by atoms with E-state index in [9.17, 15) is 4.79 Å². The van der Waals surface area contributed by atoms with E-state index in [1.54, 1.807) is 18.2 Å². The van der Waals surface area contributed by atoms with E-state index < -0.39 is 5.91 Å². The lowest BCUT2D eigenvalue weighted by Crippen LogP contribution is -2.21. The van der Waals surface area contributed by atoms with Crippen molar-refractivity contribution in [2.75, 3.05) is 13.7 Å². The quantitative estimate of drug-likeness (QED) is 0.717. The number of carbonyl (C=O) groups is 1. The van der Waals surface area contributed by atoms with Crippen molar-refractivity contribution in [2.24, 2.45) is 11.5 Å². The molecule has 0 bridgehead atoms. The van der Waals surface area contributed by atoms with E-state index in [4.69, 9.17) is 20.9 Å². The highest BCUT2D eigenvalue weighted by molar-refractivity contribution is 5.75. The van der Waals surface area contributed by atoms with Gasteiger partial charge in [0.25, 0.3) is 5.91 Å². The van der Waals surface area contributed by atoms with E-state index in [2.05, 4.69) is 0 Å². The first-order chi connectivity index (χ1) is 7.19. The summed E-state index contributed by atoms with van der Waals surface area (Å²) in [6.07, 6.45) is 0. The lowest BCUT2D eigenvalue weighted by atomic mass is 10.2. The average Bonchev–Trinajstić information content (AvgIpc) is 2.25. The average molecular weight is 210 g/mol. The standard InChI is InChI=1S/C10H14N2O3/c1-14-8-4-2-3-7(5-11)10(8)15-6-9(12)13/h2-4H,5-6,11H2,1H3,(H2,12,13). The molecule has 1 aromatic carbocycles. The molecule has 0 aliphatic heterocycles. The van der Waals surface area contributed by atoms with Crippen LogP contribution in [0.3, 0.4) is 0 Å². The van der Waals surface area contributed by atoms with Crippen molar-refractivity contribution in [3.05, 3.63) is 23.8 Å². The molecular formula is C10H14N2O3. The van der Waals surface area contributed by atoms with E-state index >= 15 is 0 Å². The monoisotopic (exact) mass is 210 g/mol. The summed E-state index contributed by atoms with van der Waals surface area (Å²) in [5.74, 6) is 0.476. The summed E-state index contributed by atoms with van der Waals surface area (Å²) in [5, 5.41) is 0. The summed E-state index contributed by atoms with van der Waals surface area (Å²) in [7, 11) is 1.52. The van der Waals surface area contributed by atoms with Crippen LogP contribution < -0.4 is 20.9 Å². The van der Waals surface area contributed by atoms with Gasteiger partial charge in [-0.15, -0.1) is 0 Å². The smallest absolute Gasteiger partial charge is 0.255 e. The molecule has 1 aromatic rings. The number of amides is 1. The topological polar surface area (TPSA) is 87.6 Å². The number of ether oxygens (including phenoxy) is 2. The molecule has 0 aliphatic carbocycles. The van der Waals surface area contributed by atoms with E-state index in [1.165, 1.54) is 7.11 Å². The largest absolute Gasteiger partial charge is 0.493 e. The normalized spacial score (nSPS) is 9.73. The summed E-state index contributed by atoms with van der Waals surface area (Å²) in [4.78, 5) is 10.6. The van der Waals surface area contributed by atoms with Crippen LogP contribution in [0.5, 0.6) is 11.5 Å². The van der Waals surface area contributed by atoms with Crippen LogP contribution in [0, 0.1) is 0 Å². The van der Waals surface area contributed by atoms with Gasteiger partial charge in [-0.1, -0.05) is 12.1 Å². The minimum absolute atomic E-state index is 0.187. The molecule has 0 spiro atoms. The molecule has 1 rings (SSSR count). The van der Waals surface area contributed by atoms with E-state index in [1.807, 2.05) is 0 Å². The number of benzene rings is 1. The second-order valence-electron chi connectivity index (χ2n) is 2.91. The number of primary amides is 1. The summed E-state index contributed by atoms with van der Waals surface area (Å²) < 4.78 is 10.3. The van der Waals surface area contributed by atoms with Gasteiger partial charge >= 0.3 is 0 Å². The lowest BCUT2D eigenvalue weighted by molar-refractivity contribution is -0.119. The molecule has 0 aromatic heterocycles. The Balaban J connectivity index is 2.94. The van der Waals surface area contributed by atoms with Crippen LogP contribution in [0.2, 0.25) is 0 Å². The number of rotatable bonds is 5. The van der Waals surface area contributed by atoms with E-state index in [-0.39, 0.29) is 6.61 Å². The molecule has 5 heteroatoms. The van der Waals surface area contributed by atoms with Gasteiger partial charge in [0.2, 0.25) is 0 Å². The first kappa shape index (κ1) is 11.3. The summed E-state index contributed by atoms with van der Waals surface area (Å²) in [6.45, 7) is 0.124. The van der Waals surface area contributed by atoms with E-state index in [0.717, 1.165) is 5.56 Å².